The van der Waals surface area contributed by atoms with Gasteiger partial charge >= 0.3 is 5.97 Å². The number of benzene rings is 1. The van der Waals surface area contributed by atoms with Crippen LogP contribution in [0.4, 0.5) is 0 Å². The molecular formula is C13H11ClN2O5S. The summed E-state index contributed by atoms with van der Waals surface area (Å²) in [5.41, 5.74) is 0.768. The number of hydrogen-bond donors (Lipinski definition) is 2. The molecule has 2 N–H and O–H groups in total. The summed E-state index contributed by atoms with van der Waals surface area (Å²) in [6.07, 6.45) is 2.88. The van der Waals surface area contributed by atoms with E-state index in [0.29, 0.717) is 5.69 Å². The molecule has 0 unspecified atom stereocenters. The van der Waals surface area contributed by atoms with E-state index in [9.17, 15) is 18.3 Å². The van der Waals surface area contributed by atoms with Gasteiger partial charge in [-0.3, -0.25) is 4.55 Å². The Kier molecular flexibility index (Phi) is 3.47. The summed E-state index contributed by atoms with van der Waals surface area (Å²) in [6.45, 7) is 0. The van der Waals surface area contributed by atoms with Crippen molar-refractivity contribution in [3.63, 3.8) is 0 Å². The number of nitrogens with zero attached hydrogens (tertiary/aromatic N) is 2. The number of rotatable bonds is 4. The lowest BCUT2D eigenvalue weighted by atomic mass is 10.1. The Hall–Kier alpha value is -1.90. The number of hydrogen-bond acceptors (Lipinski definition) is 4. The van der Waals surface area contributed by atoms with Gasteiger partial charge in [0.25, 0.3) is 10.1 Å². The Morgan fingerprint density at radius 1 is 1.36 bits per heavy atom. The highest BCUT2D eigenvalue weighted by molar-refractivity contribution is 7.85. The first-order valence-corrected chi connectivity index (χ1v) is 8.19. The van der Waals surface area contributed by atoms with E-state index >= 15 is 0 Å². The van der Waals surface area contributed by atoms with Crippen molar-refractivity contribution < 1.29 is 22.9 Å². The monoisotopic (exact) mass is 342 g/mol. The van der Waals surface area contributed by atoms with Crippen LogP contribution in [0.25, 0.3) is 5.69 Å². The van der Waals surface area contributed by atoms with Crippen LogP contribution in [0.1, 0.15) is 34.8 Å². The first-order valence-electron chi connectivity index (χ1n) is 6.37. The van der Waals surface area contributed by atoms with Gasteiger partial charge in [-0.1, -0.05) is 11.6 Å². The van der Waals surface area contributed by atoms with Crippen LogP contribution in [-0.4, -0.2) is 33.8 Å². The normalized spacial score (nSPS) is 15.0. The quantitative estimate of drug-likeness (QED) is 0.825. The molecule has 1 aliphatic carbocycles. The second kappa shape index (κ2) is 5.08. The highest BCUT2D eigenvalue weighted by Gasteiger charge is 2.33. The largest absolute Gasteiger partial charge is 0.478 e. The number of aromatic nitrogens is 2. The van der Waals surface area contributed by atoms with Crippen molar-refractivity contribution in [1.82, 2.24) is 9.78 Å². The van der Waals surface area contributed by atoms with E-state index < -0.39 is 16.1 Å². The van der Waals surface area contributed by atoms with Gasteiger partial charge in [-0.2, -0.15) is 13.5 Å². The molecule has 3 rings (SSSR count). The van der Waals surface area contributed by atoms with Gasteiger partial charge in [0.1, 0.15) is 5.56 Å². The number of carboxylic acids is 1. The molecule has 2 aromatic rings. The van der Waals surface area contributed by atoms with Crippen molar-refractivity contribution in [3.8, 4) is 5.69 Å². The Morgan fingerprint density at radius 2 is 2.05 bits per heavy atom. The van der Waals surface area contributed by atoms with Crippen LogP contribution < -0.4 is 0 Å². The van der Waals surface area contributed by atoms with E-state index in [2.05, 4.69) is 5.10 Å². The summed E-state index contributed by atoms with van der Waals surface area (Å²) >= 11 is 6.08. The molecule has 1 fully saturated rings. The Morgan fingerprint density at radius 3 is 2.59 bits per heavy atom. The molecular weight excluding hydrogens is 332 g/mol. The van der Waals surface area contributed by atoms with Crippen LogP contribution in [0, 0.1) is 0 Å². The third-order valence-corrected chi connectivity index (χ3v) is 4.61. The predicted octanol–water partition coefficient (Wildman–Crippen LogP) is 2.35. The maximum Gasteiger partial charge on any atom is 0.339 e. The first-order chi connectivity index (χ1) is 10.3. The van der Waals surface area contributed by atoms with E-state index in [0.717, 1.165) is 12.8 Å². The van der Waals surface area contributed by atoms with Gasteiger partial charge in [-0.05, 0) is 31.0 Å². The van der Waals surface area contributed by atoms with E-state index in [1.165, 1.54) is 29.1 Å². The third kappa shape index (κ3) is 2.60. The van der Waals surface area contributed by atoms with Gasteiger partial charge in [0.15, 0.2) is 0 Å². The van der Waals surface area contributed by atoms with Gasteiger partial charge in [0, 0.05) is 5.92 Å². The molecule has 22 heavy (non-hydrogen) atoms. The highest BCUT2D eigenvalue weighted by Crippen LogP contribution is 2.43. The summed E-state index contributed by atoms with van der Waals surface area (Å²) in [6, 6.07) is 3.65. The van der Waals surface area contributed by atoms with Crippen LogP contribution >= 0.6 is 11.6 Å². The zero-order valence-corrected chi connectivity index (χ0v) is 12.7. The number of carboxylic acid groups (broad SMARTS) is 1. The summed E-state index contributed by atoms with van der Waals surface area (Å²) < 4.78 is 33.0. The van der Waals surface area contributed by atoms with Crippen LogP contribution in [0.5, 0.6) is 0 Å². The molecule has 1 aromatic carbocycles. The van der Waals surface area contributed by atoms with Gasteiger partial charge in [-0.25, -0.2) is 9.48 Å². The van der Waals surface area contributed by atoms with E-state index in [-0.39, 0.29) is 27.1 Å². The fourth-order valence-corrected chi connectivity index (χ4v) is 2.98. The number of aromatic carboxylic acids is 1. The first kappa shape index (κ1) is 15.0. The van der Waals surface area contributed by atoms with Crippen LogP contribution in [0.15, 0.2) is 29.3 Å². The van der Waals surface area contributed by atoms with Crippen LogP contribution in [0.3, 0.4) is 0 Å². The van der Waals surface area contributed by atoms with Crippen LogP contribution in [0.2, 0.25) is 5.02 Å². The van der Waals surface area contributed by atoms with Crippen molar-refractivity contribution in [3.05, 3.63) is 40.7 Å². The average molecular weight is 343 g/mol. The lowest BCUT2D eigenvalue weighted by Gasteiger charge is -2.10. The molecule has 0 radical (unpaired) electrons. The van der Waals surface area contributed by atoms with Crippen molar-refractivity contribution in [1.29, 1.82) is 0 Å². The van der Waals surface area contributed by atoms with Crippen molar-refractivity contribution in [2.75, 3.05) is 0 Å². The van der Waals surface area contributed by atoms with E-state index in [1.807, 2.05) is 0 Å². The topological polar surface area (TPSA) is 109 Å². The Bertz CT molecular complexity index is 871. The van der Waals surface area contributed by atoms with Gasteiger partial charge in [0.2, 0.25) is 0 Å². The summed E-state index contributed by atoms with van der Waals surface area (Å²) in [4.78, 5) is 11.0. The fraction of sp³-hybridized carbons (Fsp3) is 0.231. The fourth-order valence-electron chi connectivity index (χ4n) is 2.28. The maximum atomic E-state index is 11.3. The number of halogens is 1. The SMILES string of the molecule is O=C(O)c1cnn(-c2cc(S(=O)(=O)O)ccc2Cl)c1C1CC1. The highest BCUT2D eigenvalue weighted by atomic mass is 35.5. The molecule has 0 aliphatic heterocycles. The third-order valence-electron chi connectivity index (χ3n) is 3.44. The molecule has 0 spiro atoms. The predicted molar refractivity (Wildman–Crippen MR) is 77.3 cm³/mol. The lowest BCUT2D eigenvalue weighted by Crippen LogP contribution is -2.07. The van der Waals surface area contributed by atoms with Crippen LogP contribution in [-0.2, 0) is 10.1 Å². The maximum absolute atomic E-state index is 11.3. The van der Waals surface area contributed by atoms with Crippen molar-refractivity contribution in [2.24, 2.45) is 0 Å². The van der Waals surface area contributed by atoms with Gasteiger partial charge < -0.3 is 5.11 Å². The lowest BCUT2D eigenvalue weighted by molar-refractivity contribution is 0.0695. The molecule has 1 heterocycles. The van der Waals surface area contributed by atoms with Crippen molar-refractivity contribution in [2.45, 2.75) is 23.7 Å². The molecule has 0 amide bonds. The van der Waals surface area contributed by atoms with E-state index in [1.54, 1.807) is 0 Å². The van der Waals surface area contributed by atoms with Gasteiger partial charge in [0.05, 0.1) is 27.5 Å². The van der Waals surface area contributed by atoms with E-state index in [4.69, 9.17) is 16.2 Å². The Labute approximate surface area is 130 Å². The summed E-state index contributed by atoms with van der Waals surface area (Å²) in [5, 5.41) is 13.5. The van der Waals surface area contributed by atoms with Crippen molar-refractivity contribution >= 4 is 27.7 Å². The zero-order valence-electron chi connectivity index (χ0n) is 11.1. The minimum absolute atomic E-state index is 0.0547. The number of carbonyl (C=O) groups is 1. The molecule has 0 bridgehead atoms. The summed E-state index contributed by atoms with van der Waals surface area (Å²) in [5.74, 6) is -1.05. The molecule has 1 saturated carbocycles. The minimum Gasteiger partial charge on any atom is -0.478 e. The molecule has 1 aromatic heterocycles. The second-order valence-corrected chi connectivity index (χ2v) is 6.85. The molecule has 7 nitrogen and oxygen atoms in total. The smallest absolute Gasteiger partial charge is 0.339 e. The molecule has 0 saturated heterocycles. The van der Waals surface area contributed by atoms with Gasteiger partial charge in [-0.15, -0.1) is 0 Å². The summed E-state index contributed by atoms with van der Waals surface area (Å²) in [7, 11) is -4.39. The zero-order chi connectivity index (χ0) is 16.1. The molecule has 1 aliphatic rings. The average Bonchev–Trinajstić information content (AvgIpc) is 3.16. The Balaban J connectivity index is 2.22. The standard InChI is InChI=1S/C13H11ClN2O5S/c14-10-4-3-8(22(19,20)21)5-11(10)16-12(7-1-2-7)9(6-15-16)13(17)18/h3-7H,1-2H2,(H,17,18)(H,19,20,21). The molecule has 0 atom stereocenters. The second-order valence-electron chi connectivity index (χ2n) is 5.02. The minimum atomic E-state index is -4.39. The molecule has 9 heteroatoms. The molecule has 116 valence electrons.